The number of primary amides is 1. The van der Waals surface area contributed by atoms with Crippen LogP contribution >= 0.6 is 0 Å². The van der Waals surface area contributed by atoms with Crippen molar-refractivity contribution in [3.63, 3.8) is 0 Å². The van der Waals surface area contributed by atoms with Gasteiger partial charge in [0.25, 0.3) is 0 Å². The van der Waals surface area contributed by atoms with Gasteiger partial charge in [0.05, 0.1) is 6.04 Å². The van der Waals surface area contributed by atoms with Gasteiger partial charge in [0.2, 0.25) is 23.6 Å². The Bertz CT molecular complexity index is 1030. The number of aromatic hydroxyl groups is 1. The molecule has 0 aliphatic rings. The summed E-state index contributed by atoms with van der Waals surface area (Å²) in [6, 6.07) is 0.855. The summed E-state index contributed by atoms with van der Waals surface area (Å²) in [5.41, 5.74) is 11.7. The lowest BCUT2D eigenvalue weighted by molar-refractivity contribution is -0.143. The Morgan fingerprint density at radius 2 is 1.41 bits per heavy atom. The molecule has 1 aromatic rings. The molecule has 0 saturated heterocycles. The Labute approximate surface area is 225 Å². The van der Waals surface area contributed by atoms with E-state index in [9.17, 15) is 39.0 Å². The van der Waals surface area contributed by atoms with Crippen LogP contribution in [-0.2, 0) is 35.2 Å². The van der Waals surface area contributed by atoms with E-state index in [4.69, 9.17) is 16.6 Å². The van der Waals surface area contributed by atoms with Crippen molar-refractivity contribution in [3.8, 4) is 5.75 Å². The number of carbonyl (C=O) groups is 6. The van der Waals surface area contributed by atoms with Gasteiger partial charge in [-0.3, -0.25) is 24.0 Å². The topological polar surface area (TPSA) is 251 Å². The Kier molecular flexibility index (Phi) is 13.4. The fourth-order valence-electron chi connectivity index (χ4n) is 3.56. The molecular formula is C25H37N5O9. The van der Waals surface area contributed by atoms with Crippen LogP contribution in [0.15, 0.2) is 24.3 Å². The molecule has 0 aliphatic carbocycles. The van der Waals surface area contributed by atoms with Gasteiger partial charge in [-0.25, -0.2) is 4.79 Å². The summed E-state index contributed by atoms with van der Waals surface area (Å²) in [4.78, 5) is 72.6. The SMILES string of the molecule is CCC(C)C(NC(=O)C(CCC(=O)O)NC(=O)C(N)Cc1ccc(O)cc1)C(=O)NC(CCC(N)=O)C(=O)O. The fraction of sp³-hybridized carbons (Fsp3) is 0.520. The predicted octanol–water partition coefficient (Wildman–Crippen LogP) is -1.02. The van der Waals surface area contributed by atoms with Crippen LogP contribution < -0.4 is 27.4 Å². The average Bonchev–Trinajstić information content (AvgIpc) is 2.87. The molecule has 14 heteroatoms. The lowest BCUT2D eigenvalue weighted by Gasteiger charge is -2.28. The van der Waals surface area contributed by atoms with E-state index in [-0.39, 0.29) is 31.4 Å². The lowest BCUT2D eigenvalue weighted by Crippen LogP contribution is -2.58. The minimum absolute atomic E-state index is 0.0321. The molecule has 4 amide bonds. The van der Waals surface area contributed by atoms with E-state index in [1.807, 2.05) is 0 Å². The lowest BCUT2D eigenvalue weighted by atomic mass is 9.96. The Morgan fingerprint density at radius 1 is 0.846 bits per heavy atom. The van der Waals surface area contributed by atoms with Crippen molar-refractivity contribution in [2.75, 3.05) is 0 Å². The highest BCUT2D eigenvalue weighted by atomic mass is 16.4. The predicted molar refractivity (Wildman–Crippen MR) is 138 cm³/mol. The van der Waals surface area contributed by atoms with Gasteiger partial charge < -0.3 is 42.7 Å². The van der Waals surface area contributed by atoms with Crippen LogP contribution in [0.5, 0.6) is 5.75 Å². The molecule has 1 rings (SSSR count). The number of phenols is 1. The standard InChI is InChI=1S/C25H37N5O9/c1-3-13(2)21(24(37)29-18(25(38)39)8-10-19(27)32)30-23(36)17(9-11-20(33)34)28-22(35)16(26)12-14-4-6-15(31)7-5-14/h4-7,13,16-18,21,31H,3,8-12,26H2,1-2H3,(H2,27,32)(H,28,35)(H,29,37)(H,30,36)(H,33,34)(H,38,39). The third kappa shape index (κ3) is 11.8. The molecule has 1 aromatic carbocycles. The molecule has 0 fully saturated rings. The molecule has 0 aliphatic heterocycles. The fourth-order valence-corrected chi connectivity index (χ4v) is 3.56. The van der Waals surface area contributed by atoms with E-state index in [0.717, 1.165) is 0 Å². The summed E-state index contributed by atoms with van der Waals surface area (Å²) in [5, 5.41) is 35.1. The van der Waals surface area contributed by atoms with E-state index in [1.165, 1.54) is 12.1 Å². The molecular weight excluding hydrogens is 514 g/mol. The molecule has 216 valence electrons. The zero-order valence-corrected chi connectivity index (χ0v) is 21.9. The molecule has 0 aromatic heterocycles. The number of phenolic OH excluding ortho intramolecular Hbond substituents is 1. The number of carboxylic acid groups (broad SMARTS) is 2. The highest BCUT2D eigenvalue weighted by Gasteiger charge is 2.33. The summed E-state index contributed by atoms with van der Waals surface area (Å²) >= 11 is 0. The van der Waals surface area contributed by atoms with Gasteiger partial charge in [0, 0.05) is 12.8 Å². The maximum atomic E-state index is 13.1. The third-order valence-electron chi connectivity index (χ3n) is 6.10. The zero-order valence-electron chi connectivity index (χ0n) is 21.9. The van der Waals surface area contributed by atoms with Crippen molar-refractivity contribution in [2.45, 2.75) is 76.5 Å². The number of amides is 4. The van der Waals surface area contributed by atoms with Gasteiger partial charge in [-0.2, -0.15) is 0 Å². The Hall–Kier alpha value is -4.20. The van der Waals surface area contributed by atoms with Crippen LogP contribution in [0.1, 0.15) is 51.5 Å². The average molecular weight is 552 g/mol. The van der Waals surface area contributed by atoms with E-state index in [2.05, 4.69) is 16.0 Å². The number of carboxylic acids is 2. The smallest absolute Gasteiger partial charge is 0.326 e. The Balaban J connectivity index is 3.02. The number of benzene rings is 1. The third-order valence-corrected chi connectivity index (χ3v) is 6.10. The minimum atomic E-state index is -1.44. The number of nitrogens with two attached hydrogens (primary N) is 2. The van der Waals surface area contributed by atoms with E-state index < -0.39 is 72.1 Å². The van der Waals surface area contributed by atoms with Gasteiger partial charge >= 0.3 is 11.9 Å². The summed E-state index contributed by atoms with van der Waals surface area (Å²) in [7, 11) is 0. The molecule has 0 spiro atoms. The maximum Gasteiger partial charge on any atom is 0.326 e. The first kappa shape index (κ1) is 32.8. The summed E-state index contributed by atoms with van der Waals surface area (Å²) < 4.78 is 0. The normalized spacial score (nSPS) is 14.6. The number of hydrogen-bond acceptors (Lipinski definition) is 8. The first-order chi connectivity index (χ1) is 18.2. The number of carbonyl (C=O) groups excluding carboxylic acids is 4. The highest BCUT2D eigenvalue weighted by Crippen LogP contribution is 2.13. The van der Waals surface area contributed by atoms with Crippen LogP contribution in [-0.4, -0.2) is 75.1 Å². The van der Waals surface area contributed by atoms with Crippen molar-refractivity contribution < 1.29 is 44.1 Å². The van der Waals surface area contributed by atoms with Gasteiger partial charge in [-0.05, 0) is 42.9 Å². The van der Waals surface area contributed by atoms with E-state index in [0.29, 0.717) is 12.0 Å². The summed E-state index contributed by atoms with van der Waals surface area (Å²) in [6.45, 7) is 3.38. The van der Waals surface area contributed by atoms with Crippen LogP contribution in [0.25, 0.3) is 0 Å². The van der Waals surface area contributed by atoms with Crippen molar-refractivity contribution >= 4 is 35.6 Å². The van der Waals surface area contributed by atoms with Crippen molar-refractivity contribution in [1.29, 1.82) is 0 Å². The van der Waals surface area contributed by atoms with Gasteiger partial charge in [0.1, 0.15) is 23.9 Å². The quantitative estimate of drug-likeness (QED) is 0.117. The van der Waals surface area contributed by atoms with Gasteiger partial charge in [-0.15, -0.1) is 0 Å². The number of rotatable bonds is 17. The largest absolute Gasteiger partial charge is 0.508 e. The second-order valence-electron chi connectivity index (χ2n) is 9.25. The molecule has 39 heavy (non-hydrogen) atoms. The second-order valence-corrected chi connectivity index (χ2v) is 9.25. The van der Waals surface area contributed by atoms with Crippen molar-refractivity contribution in [1.82, 2.24) is 16.0 Å². The Morgan fingerprint density at radius 3 is 1.92 bits per heavy atom. The molecule has 0 saturated carbocycles. The molecule has 5 unspecified atom stereocenters. The van der Waals surface area contributed by atoms with Gasteiger partial charge in [0.15, 0.2) is 0 Å². The van der Waals surface area contributed by atoms with Crippen LogP contribution in [0.4, 0.5) is 0 Å². The van der Waals surface area contributed by atoms with E-state index in [1.54, 1.807) is 26.0 Å². The molecule has 0 bridgehead atoms. The minimum Gasteiger partial charge on any atom is -0.508 e. The molecule has 0 radical (unpaired) electrons. The first-order valence-corrected chi connectivity index (χ1v) is 12.4. The van der Waals surface area contributed by atoms with E-state index >= 15 is 0 Å². The van der Waals surface area contributed by atoms with Crippen LogP contribution in [0.3, 0.4) is 0 Å². The first-order valence-electron chi connectivity index (χ1n) is 12.4. The number of hydrogen-bond donors (Lipinski definition) is 8. The number of nitrogens with one attached hydrogen (secondary N) is 3. The van der Waals surface area contributed by atoms with Crippen molar-refractivity contribution in [3.05, 3.63) is 29.8 Å². The summed E-state index contributed by atoms with van der Waals surface area (Å²) in [5.74, 6) is -6.23. The molecule has 5 atom stereocenters. The molecule has 10 N–H and O–H groups in total. The van der Waals surface area contributed by atoms with Crippen molar-refractivity contribution in [2.24, 2.45) is 17.4 Å². The van der Waals surface area contributed by atoms with Crippen LogP contribution in [0.2, 0.25) is 0 Å². The molecule has 14 nitrogen and oxygen atoms in total. The highest BCUT2D eigenvalue weighted by molar-refractivity contribution is 5.94. The monoisotopic (exact) mass is 551 g/mol. The molecule has 0 heterocycles. The van der Waals surface area contributed by atoms with Crippen LogP contribution in [0, 0.1) is 5.92 Å². The second kappa shape index (κ2) is 15.9. The van der Waals surface area contributed by atoms with Gasteiger partial charge in [-0.1, -0.05) is 32.4 Å². The number of aliphatic carboxylic acids is 2. The maximum absolute atomic E-state index is 13.1. The summed E-state index contributed by atoms with van der Waals surface area (Å²) in [6.07, 6.45) is -0.844. The zero-order chi connectivity index (χ0) is 29.7.